The number of nitrogens with zero attached hydrogens (tertiary/aromatic N) is 2. The van der Waals surface area contributed by atoms with Crippen molar-refractivity contribution in [2.24, 2.45) is 0 Å². The maximum atomic E-state index is 9.67. The molecule has 0 atom stereocenters. The minimum absolute atomic E-state index is 0.0630. The summed E-state index contributed by atoms with van der Waals surface area (Å²) in [5, 5.41) is 25.7. The van der Waals surface area contributed by atoms with E-state index in [4.69, 9.17) is 9.84 Å². The first-order chi connectivity index (χ1) is 9.22. The van der Waals surface area contributed by atoms with Gasteiger partial charge in [-0.25, -0.2) is 0 Å². The van der Waals surface area contributed by atoms with E-state index in [9.17, 15) is 5.11 Å². The number of nitrogens with one attached hydrogen (secondary N) is 1. The molecular weight excluding hydrogens is 246 g/mol. The fourth-order valence-corrected chi connectivity index (χ4v) is 1.73. The number of phenolic OH excluding ortho intramolecular Hbond substituents is 1. The zero-order valence-corrected chi connectivity index (χ0v) is 10.7. The fourth-order valence-electron chi connectivity index (χ4n) is 1.73. The number of benzene rings is 1. The average molecular weight is 263 g/mol. The van der Waals surface area contributed by atoms with Gasteiger partial charge in [-0.1, -0.05) is 6.07 Å². The highest BCUT2D eigenvalue weighted by molar-refractivity contribution is 5.44. The van der Waals surface area contributed by atoms with E-state index in [-0.39, 0.29) is 12.4 Å². The SMILES string of the molecule is COc1ccc(CNc2cnn(CCO)c2)cc1O. The van der Waals surface area contributed by atoms with Gasteiger partial charge in [-0.15, -0.1) is 0 Å². The van der Waals surface area contributed by atoms with Crippen LogP contribution >= 0.6 is 0 Å². The van der Waals surface area contributed by atoms with Gasteiger partial charge >= 0.3 is 0 Å². The Hall–Kier alpha value is -2.21. The Bertz CT molecular complexity index is 540. The predicted octanol–water partition coefficient (Wildman–Crippen LogP) is 1.20. The number of aliphatic hydroxyl groups is 1. The molecule has 0 aliphatic rings. The zero-order chi connectivity index (χ0) is 13.7. The minimum Gasteiger partial charge on any atom is -0.504 e. The van der Waals surface area contributed by atoms with Crippen LogP contribution in [0.1, 0.15) is 5.56 Å². The molecule has 0 bridgehead atoms. The number of aromatic hydroxyl groups is 1. The summed E-state index contributed by atoms with van der Waals surface area (Å²) in [7, 11) is 1.52. The molecule has 0 saturated carbocycles. The molecular formula is C13H17N3O3. The number of anilines is 1. The van der Waals surface area contributed by atoms with Crippen LogP contribution in [0.2, 0.25) is 0 Å². The van der Waals surface area contributed by atoms with Crippen LogP contribution in [0.25, 0.3) is 0 Å². The van der Waals surface area contributed by atoms with Gasteiger partial charge in [-0.2, -0.15) is 5.10 Å². The van der Waals surface area contributed by atoms with Crippen LogP contribution in [0, 0.1) is 0 Å². The lowest BCUT2D eigenvalue weighted by molar-refractivity contribution is 0.269. The van der Waals surface area contributed by atoms with E-state index < -0.39 is 0 Å². The number of hydrogen-bond acceptors (Lipinski definition) is 5. The Morgan fingerprint density at radius 3 is 2.95 bits per heavy atom. The maximum Gasteiger partial charge on any atom is 0.160 e. The van der Waals surface area contributed by atoms with Gasteiger partial charge in [0.25, 0.3) is 0 Å². The van der Waals surface area contributed by atoms with Crippen LogP contribution in [0.5, 0.6) is 11.5 Å². The van der Waals surface area contributed by atoms with Crippen molar-refractivity contribution in [2.75, 3.05) is 19.0 Å². The number of phenols is 1. The summed E-state index contributed by atoms with van der Waals surface area (Å²) in [5.41, 5.74) is 1.80. The summed E-state index contributed by atoms with van der Waals surface area (Å²) in [6.45, 7) is 1.11. The molecule has 6 nitrogen and oxygen atoms in total. The highest BCUT2D eigenvalue weighted by Gasteiger charge is 2.03. The van der Waals surface area contributed by atoms with E-state index in [1.807, 2.05) is 12.3 Å². The first kappa shape index (κ1) is 13.2. The number of ether oxygens (including phenoxy) is 1. The van der Waals surface area contributed by atoms with Gasteiger partial charge in [0.15, 0.2) is 11.5 Å². The second-order valence-electron chi connectivity index (χ2n) is 4.08. The molecule has 0 aliphatic heterocycles. The summed E-state index contributed by atoms with van der Waals surface area (Å²) in [4.78, 5) is 0. The second-order valence-corrected chi connectivity index (χ2v) is 4.08. The lowest BCUT2D eigenvalue weighted by Gasteiger charge is -2.07. The third-order valence-electron chi connectivity index (χ3n) is 2.70. The molecule has 0 aliphatic carbocycles. The predicted molar refractivity (Wildman–Crippen MR) is 71.3 cm³/mol. The van der Waals surface area contributed by atoms with Crippen molar-refractivity contribution < 1.29 is 14.9 Å². The number of methoxy groups -OCH3 is 1. The van der Waals surface area contributed by atoms with Gasteiger partial charge in [-0.3, -0.25) is 4.68 Å². The summed E-state index contributed by atoms with van der Waals surface area (Å²) in [6.07, 6.45) is 3.51. The Kier molecular flexibility index (Phi) is 4.25. The van der Waals surface area contributed by atoms with E-state index >= 15 is 0 Å². The van der Waals surface area contributed by atoms with Gasteiger partial charge in [-0.05, 0) is 17.7 Å². The molecule has 102 valence electrons. The number of aromatic nitrogens is 2. The van der Waals surface area contributed by atoms with Gasteiger partial charge in [0.1, 0.15) is 0 Å². The van der Waals surface area contributed by atoms with Crippen LogP contribution in [-0.2, 0) is 13.1 Å². The van der Waals surface area contributed by atoms with Crippen molar-refractivity contribution >= 4 is 5.69 Å². The molecule has 19 heavy (non-hydrogen) atoms. The van der Waals surface area contributed by atoms with Crippen LogP contribution in [-0.4, -0.2) is 33.7 Å². The molecule has 3 N–H and O–H groups in total. The van der Waals surface area contributed by atoms with Crippen molar-refractivity contribution in [3.8, 4) is 11.5 Å². The van der Waals surface area contributed by atoms with Crippen molar-refractivity contribution in [1.29, 1.82) is 0 Å². The molecule has 0 radical (unpaired) electrons. The Morgan fingerprint density at radius 1 is 1.42 bits per heavy atom. The molecule has 2 aromatic rings. The van der Waals surface area contributed by atoms with E-state index in [1.165, 1.54) is 7.11 Å². The monoisotopic (exact) mass is 263 g/mol. The van der Waals surface area contributed by atoms with Gasteiger partial charge in [0.2, 0.25) is 0 Å². The van der Waals surface area contributed by atoms with Gasteiger partial charge in [0, 0.05) is 12.7 Å². The van der Waals surface area contributed by atoms with E-state index in [0.29, 0.717) is 18.8 Å². The van der Waals surface area contributed by atoms with Crippen molar-refractivity contribution in [3.63, 3.8) is 0 Å². The summed E-state index contributed by atoms with van der Waals surface area (Å²) in [6, 6.07) is 5.26. The largest absolute Gasteiger partial charge is 0.504 e. The van der Waals surface area contributed by atoms with Crippen LogP contribution in [0.4, 0.5) is 5.69 Å². The second kappa shape index (κ2) is 6.10. The van der Waals surface area contributed by atoms with E-state index in [0.717, 1.165) is 11.3 Å². The Labute approximate surface area is 111 Å². The molecule has 1 aromatic heterocycles. The van der Waals surface area contributed by atoms with E-state index in [1.54, 1.807) is 23.0 Å². The highest BCUT2D eigenvalue weighted by Crippen LogP contribution is 2.26. The number of hydrogen-bond donors (Lipinski definition) is 3. The van der Waals surface area contributed by atoms with Crippen molar-refractivity contribution in [1.82, 2.24) is 9.78 Å². The standard InChI is InChI=1S/C13H17N3O3/c1-19-13-3-2-10(6-12(13)18)7-14-11-8-15-16(9-11)4-5-17/h2-3,6,8-9,14,17-18H,4-5,7H2,1H3. The first-order valence-corrected chi connectivity index (χ1v) is 5.96. The van der Waals surface area contributed by atoms with Crippen LogP contribution in [0.15, 0.2) is 30.6 Å². The zero-order valence-electron chi connectivity index (χ0n) is 10.7. The number of rotatable bonds is 6. The Balaban J connectivity index is 1.95. The average Bonchev–Trinajstić information content (AvgIpc) is 2.85. The normalized spacial score (nSPS) is 10.4. The molecule has 0 amide bonds. The van der Waals surface area contributed by atoms with Crippen LogP contribution in [0.3, 0.4) is 0 Å². The molecule has 1 heterocycles. The molecule has 1 aromatic carbocycles. The highest BCUT2D eigenvalue weighted by atomic mass is 16.5. The third kappa shape index (κ3) is 3.38. The van der Waals surface area contributed by atoms with Crippen molar-refractivity contribution in [3.05, 3.63) is 36.2 Å². The molecule has 2 rings (SSSR count). The quantitative estimate of drug-likeness (QED) is 0.730. The summed E-state index contributed by atoms with van der Waals surface area (Å²) >= 11 is 0. The fraction of sp³-hybridized carbons (Fsp3) is 0.308. The first-order valence-electron chi connectivity index (χ1n) is 5.96. The summed E-state index contributed by atoms with van der Waals surface area (Å²) in [5.74, 6) is 0.581. The van der Waals surface area contributed by atoms with Crippen molar-refractivity contribution in [2.45, 2.75) is 13.1 Å². The molecule has 0 unspecified atom stereocenters. The molecule has 0 spiro atoms. The lowest BCUT2D eigenvalue weighted by Crippen LogP contribution is -2.02. The lowest BCUT2D eigenvalue weighted by atomic mass is 10.2. The number of aliphatic hydroxyl groups excluding tert-OH is 1. The molecule has 6 heteroatoms. The smallest absolute Gasteiger partial charge is 0.160 e. The minimum atomic E-state index is 0.0630. The molecule has 0 saturated heterocycles. The van der Waals surface area contributed by atoms with Gasteiger partial charge in [0.05, 0.1) is 32.1 Å². The van der Waals surface area contributed by atoms with Crippen LogP contribution < -0.4 is 10.1 Å². The topological polar surface area (TPSA) is 79.5 Å². The maximum absolute atomic E-state index is 9.67. The third-order valence-corrected chi connectivity index (χ3v) is 2.70. The summed E-state index contributed by atoms with van der Waals surface area (Å²) < 4.78 is 6.65. The molecule has 0 fully saturated rings. The Morgan fingerprint density at radius 2 is 2.26 bits per heavy atom. The van der Waals surface area contributed by atoms with Gasteiger partial charge < -0.3 is 20.3 Å². The van der Waals surface area contributed by atoms with E-state index in [2.05, 4.69) is 10.4 Å².